The second-order valence-corrected chi connectivity index (χ2v) is 3.64. The van der Waals surface area contributed by atoms with E-state index in [-0.39, 0.29) is 29.3 Å². The standard InChI is InChI=1S/C12H12O4/c13-8-6-9(14)12(16)10(11(8)15)7-4-2-1-3-5-7/h1-5,8,13-16H,6H2. The van der Waals surface area contributed by atoms with E-state index < -0.39 is 6.10 Å². The lowest BCUT2D eigenvalue weighted by Gasteiger charge is -2.21. The van der Waals surface area contributed by atoms with Gasteiger partial charge in [0.25, 0.3) is 0 Å². The van der Waals surface area contributed by atoms with Crippen LogP contribution in [0.15, 0.2) is 47.6 Å². The van der Waals surface area contributed by atoms with Crippen LogP contribution in [0.1, 0.15) is 12.0 Å². The third-order valence-electron chi connectivity index (χ3n) is 2.53. The molecule has 1 aliphatic rings. The number of allylic oxidation sites excluding steroid dienone is 1. The van der Waals surface area contributed by atoms with Crippen molar-refractivity contribution in [2.24, 2.45) is 0 Å². The Kier molecular flexibility index (Phi) is 2.58. The van der Waals surface area contributed by atoms with Gasteiger partial charge in [-0.05, 0) is 5.56 Å². The molecule has 1 unspecified atom stereocenters. The Morgan fingerprint density at radius 2 is 1.62 bits per heavy atom. The average Bonchev–Trinajstić information content (AvgIpc) is 2.28. The average molecular weight is 220 g/mol. The van der Waals surface area contributed by atoms with E-state index in [1.807, 2.05) is 0 Å². The number of aliphatic hydroxyl groups excluding tert-OH is 4. The van der Waals surface area contributed by atoms with Gasteiger partial charge in [0.05, 0.1) is 5.57 Å². The molecule has 0 saturated carbocycles. The van der Waals surface area contributed by atoms with E-state index in [2.05, 4.69) is 0 Å². The first-order valence-electron chi connectivity index (χ1n) is 4.89. The molecule has 16 heavy (non-hydrogen) atoms. The van der Waals surface area contributed by atoms with Crippen LogP contribution in [0.4, 0.5) is 0 Å². The zero-order valence-electron chi connectivity index (χ0n) is 8.46. The lowest BCUT2D eigenvalue weighted by Crippen LogP contribution is -2.19. The molecule has 0 spiro atoms. The van der Waals surface area contributed by atoms with Crippen molar-refractivity contribution in [2.45, 2.75) is 12.5 Å². The lowest BCUT2D eigenvalue weighted by molar-refractivity contribution is 0.131. The van der Waals surface area contributed by atoms with E-state index in [0.29, 0.717) is 5.56 Å². The molecule has 0 amide bonds. The van der Waals surface area contributed by atoms with Crippen LogP contribution in [0.2, 0.25) is 0 Å². The van der Waals surface area contributed by atoms with E-state index in [4.69, 9.17) is 0 Å². The van der Waals surface area contributed by atoms with Crippen molar-refractivity contribution in [3.05, 3.63) is 53.2 Å². The molecule has 4 nitrogen and oxygen atoms in total. The van der Waals surface area contributed by atoms with Gasteiger partial charge in [-0.2, -0.15) is 0 Å². The molecule has 0 bridgehead atoms. The number of hydrogen-bond acceptors (Lipinski definition) is 4. The lowest BCUT2D eigenvalue weighted by atomic mass is 9.93. The SMILES string of the molecule is OC1=C(O)C(c2ccccc2)=C(O)C(O)C1. The molecule has 1 aliphatic carbocycles. The predicted octanol–water partition coefficient (Wildman–Crippen LogP) is 2.05. The van der Waals surface area contributed by atoms with Crippen molar-refractivity contribution in [3.8, 4) is 0 Å². The second kappa shape index (κ2) is 3.90. The Labute approximate surface area is 92.4 Å². The van der Waals surface area contributed by atoms with Crippen LogP contribution in [-0.4, -0.2) is 26.5 Å². The summed E-state index contributed by atoms with van der Waals surface area (Å²) in [4.78, 5) is 0. The highest BCUT2D eigenvalue weighted by Crippen LogP contribution is 2.33. The van der Waals surface area contributed by atoms with E-state index in [0.717, 1.165) is 0 Å². The molecule has 0 aliphatic heterocycles. The van der Waals surface area contributed by atoms with Gasteiger partial charge >= 0.3 is 0 Å². The molecule has 1 atom stereocenters. The fraction of sp³-hybridized carbons (Fsp3) is 0.167. The number of aliphatic hydroxyl groups is 4. The monoisotopic (exact) mass is 220 g/mol. The van der Waals surface area contributed by atoms with Crippen LogP contribution in [-0.2, 0) is 0 Å². The summed E-state index contributed by atoms with van der Waals surface area (Å²) in [6, 6.07) is 8.61. The second-order valence-electron chi connectivity index (χ2n) is 3.64. The van der Waals surface area contributed by atoms with Crippen LogP contribution in [0.25, 0.3) is 5.57 Å². The largest absolute Gasteiger partial charge is 0.509 e. The van der Waals surface area contributed by atoms with Gasteiger partial charge in [0.2, 0.25) is 0 Å². The molecule has 0 saturated heterocycles. The Morgan fingerprint density at radius 1 is 1.00 bits per heavy atom. The minimum atomic E-state index is -1.17. The fourth-order valence-corrected chi connectivity index (χ4v) is 1.70. The van der Waals surface area contributed by atoms with Crippen LogP contribution in [0, 0.1) is 0 Å². The highest BCUT2D eigenvalue weighted by Gasteiger charge is 2.28. The van der Waals surface area contributed by atoms with Gasteiger partial charge in [-0.1, -0.05) is 30.3 Å². The summed E-state index contributed by atoms with van der Waals surface area (Å²) < 4.78 is 0. The Bertz CT molecular complexity index is 459. The maximum Gasteiger partial charge on any atom is 0.164 e. The summed E-state index contributed by atoms with van der Waals surface area (Å²) in [6.07, 6.45) is -1.35. The van der Waals surface area contributed by atoms with Crippen molar-refractivity contribution in [1.29, 1.82) is 0 Å². The summed E-state index contributed by atoms with van der Waals surface area (Å²) in [5.74, 6) is -1.01. The summed E-state index contributed by atoms with van der Waals surface area (Å²) in [5, 5.41) is 38.3. The molecule has 4 heteroatoms. The van der Waals surface area contributed by atoms with Crippen molar-refractivity contribution in [3.63, 3.8) is 0 Å². The highest BCUT2D eigenvalue weighted by molar-refractivity contribution is 5.80. The highest BCUT2D eigenvalue weighted by atomic mass is 16.3. The van der Waals surface area contributed by atoms with Crippen LogP contribution < -0.4 is 0 Å². The molecule has 0 heterocycles. The molecule has 0 aromatic heterocycles. The summed E-state index contributed by atoms with van der Waals surface area (Å²) in [6.45, 7) is 0. The normalized spacial score (nSPS) is 21.4. The third kappa shape index (κ3) is 1.63. The van der Waals surface area contributed by atoms with Gasteiger partial charge in [-0.15, -0.1) is 0 Å². The maximum atomic E-state index is 9.70. The molecule has 0 radical (unpaired) electrons. The fourth-order valence-electron chi connectivity index (χ4n) is 1.70. The van der Waals surface area contributed by atoms with Crippen molar-refractivity contribution < 1.29 is 20.4 Å². The van der Waals surface area contributed by atoms with Crippen molar-refractivity contribution >= 4 is 5.57 Å². The smallest absolute Gasteiger partial charge is 0.164 e. The molecular formula is C12H12O4. The van der Waals surface area contributed by atoms with Gasteiger partial charge in [0.1, 0.15) is 17.6 Å². The van der Waals surface area contributed by atoms with E-state index >= 15 is 0 Å². The minimum Gasteiger partial charge on any atom is -0.509 e. The third-order valence-corrected chi connectivity index (χ3v) is 2.53. The summed E-state index contributed by atoms with van der Waals surface area (Å²) >= 11 is 0. The topological polar surface area (TPSA) is 80.9 Å². The maximum absolute atomic E-state index is 9.70. The number of benzene rings is 1. The Hall–Kier alpha value is -1.94. The first kappa shape index (κ1) is 10.6. The van der Waals surface area contributed by atoms with E-state index in [1.54, 1.807) is 30.3 Å². The zero-order chi connectivity index (χ0) is 11.7. The van der Waals surface area contributed by atoms with E-state index in [9.17, 15) is 20.4 Å². The van der Waals surface area contributed by atoms with Gasteiger partial charge in [0.15, 0.2) is 5.76 Å². The van der Waals surface area contributed by atoms with Crippen molar-refractivity contribution in [2.75, 3.05) is 0 Å². The summed E-state index contributed by atoms with van der Waals surface area (Å²) in [5.41, 5.74) is 0.625. The Balaban J connectivity index is 2.57. The van der Waals surface area contributed by atoms with Crippen LogP contribution in [0.3, 0.4) is 0 Å². The summed E-state index contributed by atoms with van der Waals surface area (Å²) in [7, 11) is 0. The molecule has 4 N–H and O–H groups in total. The molecule has 0 fully saturated rings. The first-order valence-corrected chi connectivity index (χ1v) is 4.89. The van der Waals surface area contributed by atoms with E-state index in [1.165, 1.54) is 0 Å². The van der Waals surface area contributed by atoms with Crippen LogP contribution >= 0.6 is 0 Å². The minimum absolute atomic E-state index is 0.0804. The quantitative estimate of drug-likeness (QED) is 0.584. The molecule has 84 valence electrons. The molecule has 1 aromatic carbocycles. The van der Waals surface area contributed by atoms with Gasteiger partial charge < -0.3 is 20.4 Å². The molecule has 2 rings (SSSR count). The zero-order valence-corrected chi connectivity index (χ0v) is 8.46. The first-order chi connectivity index (χ1) is 7.61. The number of rotatable bonds is 1. The van der Waals surface area contributed by atoms with Gasteiger partial charge in [-0.25, -0.2) is 0 Å². The van der Waals surface area contributed by atoms with Gasteiger partial charge in [0, 0.05) is 6.42 Å². The van der Waals surface area contributed by atoms with Gasteiger partial charge in [-0.3, -0.25) is 0 Å². The number of hydrogen-bond donors (Lipinski definition) is 4. The molecule has 1 aromatic rings. The Morgan fingerprint density at radius 3 is 2.25 bits per heavy atom. The van der Waals surface area contributed by atoms with Crippen molar-refractivity contribution in [1.82, 2.24) is 0 Å². The van der Waals surface area contributed by atoms with Crippen LogP contribution in [0.5, 0.6) is 0 Å². The predicted molar refractivity (Wildman–Crippen MR) is 58.9 cm³/mol. The molecular weight excluding hydrogens is 208 g/mol.